The summed E-state index contributed by atoms with van der Waals surface area (Å²) in [5, 5.41) is 10.6. The Morgan fingerprint density at radius 1 is 1.16 bits per heavy atom. The predicted octanol–water partition coefficient (Wildman–Crippen LogP) is 2.39. The molecular weight excluding hydrogens is 320 g/mol. The molecule has 7 nitrogen and oxygen atoms in total. The van der Waals surface area contributed by atoms with E-state index >= 15 is 0 Å². The molecule has 7 heteroatoms. The highest BCUT2D eigenvalue weighted by atomic mass is 16.5. The van der Waals surface area contributed by atoms with Crippen molar-refractivity contribution in [2.24, 2.45) is 0 Å². The molecule has 3 aromatic rings. The molecule has 0 radical (unpaired) electrons. The molecule has 0 atom stereocenters. The van der Waals surface area contributed by atoms with Crippen molar-refractivity contribution >= 4 is 5.91 Å². The number of aromatic nitrogens is 3. The first kappa shape index (κ1) is 16.6. The fourth-order valence-corrected chi connectivity index (χ4v) is 2.19. The summed E-state index contributed by atoms with van der Waals surface area (Å²) in [4.78, 5) is 16.2. The summed E-state index contributed by atoms with van der Waals surface area (Å²) < 4.78 is 10.9. The summed E-state index contributed by atoms with van der Waals surface area (Å²) in [5.41, 5.74) is 1.56. The second kappa shape index (κ2) is 8.05. The highest BCUT2D eigenvalue weighted by Crippen LogP contribution is 2.14. The molecule has 0 spiro atoms. The Bertz CT molecular complexity index is 816. The topological polar surface area (TPSA) is 90.1 Å². The number of hydrogen-bond acceptors (Lipinski definition) is 6. The SMILES string of the molecule is CCOc1ccc(CNC(=O)Cc2nnc(-c3ccccn3)o2)cc1. The van der Waals surface area contributed by atoms with Crippen LogP contribution in [0.2, 0.25) is 0 Å². The molecule has 2 aromatic heterocycles. The smallest absolute Gasteiger partial charge is 0.266 e. The van der Waals surface area contributed by atoms with Gasteiger partial charge >= 0.3 is 0 Å². The van der Waals surface area contributed by atoms with E-state index in [0.717, 1.165) is 11.3 Å². The summed E-state index contributed by atoms with van der Waals surface area (Å²) in [6.07, 6.45) is 1.67. The molecule has 2 heterocycles. The number of amides is 1. The minimum atomic E-state index is -0.190. The maximum atomic E-state index is 12.0. The lowest BCUT2D eigenvalue weighted by Gasteiger charge is -2.06. The van der Waals surface area contributed by atoms with Crippen molar-refractivity contribution in [1.82, 2.24) is 20.5 Å². The van der Waals surface area contributed by atoms with Gasteiger partial charge in [-0.25, -0.2) is 0 Å². The van der Waals surface area contributed by atoms with Crippen molar-refractivity contribution in [1.29, 1.82) is 0 Å². The molecular formula is C18H18N4O3. The number of carbonyl (C=O) groups is 1. The zero-order chi connectivity index (χ0) is 17.5. The number of benzene rings is 1. The Balaban J connectivity index is 1.52. The molecule has 25 heavy (non-hydrogen) atoms. The fourth-order valence-electron chi connectivity index (χ4n) is 2.19. The molecule has 0 unspecified atom stereocenters. The third-order valence-electron chi connectivity index (χ3n) is 3.39. The molecule has 3 rings (SSSR count). The van der Waals surface area contributed by atoms with E-state index in [9.17, 15) is 4.79 Å². The van der Waals surface area contributed by atoms with Crippen LogP contribution < -0.4 is 10.1 Å². The van der Waals surface area contributed by atoms with Gasteiger partial charge in [-0.1, -0.05) is 18.2 Å². The van der Waals surface area contributed by atoms with Crippen LogP contribution in [-0.4, -0.2) is 27.7 Å². The second-order valence-corrected chi connectivity index (χ2v) is 5.25. The minimum Gasteiger partial charge on any atom is -0.494 e. The first-order valence-corrected chi connectivity index (χ1v) is 7.97. The van der Waals surface area contributed by atoms with Gasteiger partial charge < -0.3 is 14.5 Å². The molecule has 128 valence electrons. The van der Waals surface area contributed by atoms with Gasteiger partial charge in [0.1, 0.15) is 17.9 Å². The third-order valence-corrected chi connectivity index (χ3v) is 3.39. The van der Waals surface area contributed by atoms with Crippen molar-refractivity contribution < 1.29 is 13.9 Å². The van der Waals surface area contributed by atoms with Crippen molar-refractivity contribution in [3.63, 3.8) is 0 Å². The van der Waals surface area contributed by atoms with Gasteiger partial charge in [-0.15, -0.1) is 10.2 Å². The van der Waals surface area contributed by atoms with Crippen molar-refractivity contribution in [3.8, 4) is 17.3 Å². The molecule has 0 aliphatic heterocycles. The van der Waals surface area contributed by atoms with E-state index in [2.05, 4.69) is 20.5 Å². The van der Waals surface area contributed by atoms with Crippen molar-refractivity contribution in [2.75, 3.05) is 6.61 Å². The van der Waals surface area contributed by atoms with Crippen LogP contribution in [0.1, 0.15) is 18.4 Å². The molecule has 0 fully saturated rings. The zero-order valence-electron chi connectivity index (χ0n) is 13.8. The molecule has 1 N–H and O–H groups in total. The van der Waals surface area contributed by atoms with E-state index in [1.165, 1.54) is 0 Å². The second-order valence-electron chi connectivity index (χ2n) is 5.25. The molecule has 0 saturated carbocycles. The van der Waals surface area contributed by atoms with Crippen molar-refractivity contribution in [3.05, 3.63) is 60.1 Å². The molecule has 0 bridgehead atoms. The number of nitrogens with one attached hydrogen (secondary N) is 1. The average molecular weight is 338 g/mol. The highest BCUT2D eigenvalue weighted by Gasteiger charge is 2.12. The Labute approximate surface area is 145 Å². The van der Waals surface area contributed by atoms with Crippen LogP contribution in [0.4, 0.5) is 0 Å². The normalized spacial score (nSPS) is 10.4. The van der Waals surface area contributed by atoms with Crippen LogP contribution in [0.3, 0.4) is 0 Å². The van der Waals surface area contributed by atoms with Crippen LogP contribution in [0.25, 0.3) is 11.6 Å². The van der Waals surface area contributed by atoms with Crippen LogP contribution in [0.15, 0.2) is 53.1 Å². The number of nitrogens with zero attached hydrogens (tertiary/aromatic N) is 3. The summed E-state index contributed by atoms with van der Waals surface area (Å²) in [5.74, 6) is 1.18. The van der Waals surface area contributed by atoms with Crippen LogP contribution >= 0.6 is 0 Å². The fraction of sp³-hybridized carbons (Fsp3) is 0.222. The van der Waals surface area contributed by atoms with Gasteiger partial charge in [0.05, 0.1) is 6.61 Å². The van der Waals surface area contributed by atoms with Gasteiger partial charge in [0, 0.05) is 12.7 Å². The van der Waals surface area contributed by atoms with E-state index in [1.54, 1.807) is 18.3 Å². The Morgan fingerprint density at radius 3 is 2.72 bits per heavy atom. The highest BCUT2D eigenvalue weighted by molar-refractivity contribution is 5.77. The quantitative estimate of drug-likeness (QED) is 0.711. The van der Waals surface area contributed by atoms with Gasteiger partial charge in [-0.3, -0.25) is 9.78 Å². The molecule has 1 amide bonds. The number of rotatable bonds is 7. The zero-order valence-corrected chi connectivity index (χ0v) is 13.8. The van der Waals surface area contributed by atoms with Gasteiger partial charge in [0.15, 0.2) is 0 Å². The number of carbonyl (C=O) groups excluding carboxylic acids is 1. The van der Waals surface area contributed by atoms with Gasteiger partial charge in [0.2, 0.25) is 11.8 Å². The van der Waals surface area contributed by atoms with Crippen LogP contribution in [0, 0.1) is 0 Å². The summed E-state index contributed by atoms with van der Waals surface area (Å²) >= 11 is 0. The van der Waals surface area contributed by atoms with Gasteiger partial charge in [-0.2, -0.15) is 0 Å². The Kier molecular flexibility index (Phi) is 5.36. The lowest BCUT2D eigenvalue weighted by atomic mass is 10.2. The first-order chi connectivity index (χ1) is 12.2. The van der Waals surface area contributed by atoms with E-state index < -0.39 is 0 Å². The van der Waals surface area contributed by atoms with Crippen molar-refractivity contribution in [2.45, 2.75) is 19.9 Å². The Morgan fingerprint density at radius 2 is 2.00 bits per heavy atom. The standard InChI is InChI=1S/C18H18N4O3/c1-2-24-14-8-6-13(7-9-14)12-20-16(23)11-17-21-22-18(25-17)15-5-3-4-10-19-15/h3-10H,2,11-12H2,1H3,(H,20,23). The lowest BCUT2D eigenvalue weighted by Crippen LogP contribution is -2.24. The van der Waals surface area contributed by atoms with Crippen LogP contribution in [-0.2, 0) is 17.8 Å². The maximum Gasteiger partial charge on any atom is 0.266 e. The first-order valence-electron chi connectivity index (χ1n) is 7.97. The summed E-state index contributed by atoms with van der Waals surface area (Å²) in [6.45, 7) is 2.98. The predicted molar refractivity (Wildman–Crippen MR) is 90.7 cm³/mol. The molecule has 0 aliphatic rings. The van der Waals surface area contributed by atoms with E-state index in [4.69, 9.17) is 9.15 Å². The van der Waals surface area contributed by atoms with Gasteiger partial charge in [0.25, 0.3) is 5.89 Å². The Hall–Kier alpha value is -3.22. The van der Waals surface area contributed by atoms with Gasteiger partial charge in [-0.05, 0) is 36.8 Å². The number of hydrogen-bond donors (Lipinski definition) is 1. The third kappa shape index (κ3) is 4.63. The average Bonchev–Trinajstić information content (AvgIpc) is 3.11. The summed E-state index contributed by atoms with van der Waals surface area (Å²) in [6, 6.07) is 13.0. The molecule has 1 aromatic carbocycles. The van der Waals surface area contributed by atoms with E-state index in [0.29, 0.717) is 24.7 Å². The minimum absolute atomic E-state index is 0.0247. The number of ether oxygens (including phenoxy) is 1. The molecule has 0 aliphatic carbocycles. The summed E-state index contributed by atoms with van der Waals surface area (Å²) in [7, 11) is 0. The lowest BCUT2D eigenvalue weighted by molar-refractivity contribution is -0.120. The largest absolute Gasteiger partial charge is 0.494 e. The maximum absolute atomic E-state index is 12.0. The monoisotopic (exact) mass is 338 g/mol. The van der Waals surface area contributed by atoms with E-state index in [-0.39, 0.29) is 18.2 Å². The van der Waals surface area contributed by atoms with Crippen LogP contribution in [0.5, 0.6) is 5.75 Å². The molecule has 0 saturated heterocycles. The van der Waals surface area contributed by atoms with E-state index in [1.807, 2.05) is 37.3 Å². The number of pyridine rings is 1.